The highest BCUT2D eigenvalue weighted by Gasteiger charge is 2.27. The number of nitrogens with zero attached hydrogens (tertiary/aromatic N) is 1. The Morgan fingerprint density at radius 1 is 0.593 bits per heavy atom. The summed E-state index contributed by atoms with van der Waals surface area (Å²) in [6.07, 6.45) is 42.7. The van der Waals surface area contributed by atoms with Crippen molar-refractivity contribution in [1.29, 1.82) is 0 Å². The Bertz CT molecular complexity index is 1110. The summed E-state index contributed by atoms with van der Waals surface area (Å²) in [5.41, 5.74) is 0. The zero-order valence-electron chi connectivity index (χ0n) is 34.9. The first-order valence-corrected chi connectivity index (χ1v) is 22.5. The van der Waals surface area contributed by atoms with Crippen LogP contribution in [-0.4, -0.2) is 74.9 Å². The van der Waals surface area contributed by atoms with Crippen molar-refractivity contribution < 1.29 is 42.1 Å². The SMILES string of the molecule is CCC=CCC=CCC=CCC=CCC=CCCCC(=O)OC(COC(=O)CCCCCCCCCCCCCCC)COP(=O)(O)OCC[N+](C)(C)C. The maximum Gasteiger partial charge on any atom is 0.472 e. The van der Waals surface area contributed by atoms with Crippen LogP contribution < -0.4 is 0 Å². The second-order valence-electron chi connectivity index (χ2n) is 15.0. The average Bonchev–Trinajstić information content (AvgIpc) is 3.12. The van der Waals surface area contributed by atoms with E-state index in [1.54, 1.807) is 0 Å². The molecule has 0 aliphatic heterocycles. The number of hydrogen-bond donors (Lipinski definition) is 1. The number of carbonyl (C=O) groups excluding carboxylic acids is 2. The quantitative estimate of drug-likeness (QED) is 0.0218. The molecule has 2 atom stereocenters. The monoisotopic (exact) mass is 781 g/mol. The fraction of sp³-hybridized carbons (Fsp3) is 0.727. The number of quaternary nitrogens is 1. The number of rotatable bonds is 37. The van der Waals surface area contributed by atoms with Crippen LogP contribution in [0, 0.1) is 0 Å². The van der Waals surface area contributed by atoms with Crippen LogP contribution in [0.15, 0.2) is 60.8 Å². The summed E-state index contributed by atoms with van der Waals surface area (Å²) in [7, 11) is 1.43. The van der Waals surface area contributed by atoms with E-state index in [1.807, 2.05) is 27.2 Å². The highest BCUT2D eigenvalue weighted by molar-refractivity contribution is 7.47. The lowest BCUT2D eigenvalue weighted by Gasteiger charge is -2.24. The highest BCUT2D eigenvalue weighted by Crippen LogP contribution is 2.43. The Kier molecular flexibility index (Phi) is 34.8. The van der Waals surface area contributed by atoms with E-state index in [2.05, 4.69) is 68.5 Å². The van der Waals surface area contributed by atoms with Gasteiger partial charge in [-0.15, -0.1) is 0 Å². The summed E-state index contributed by atoms with van der Waals surface area (Å²) >= 11 is 0. The summed E-state index contributed by atoms with van der Waals surface area (Å²) < 4.78 is 34.2. The Morgan fingerprint density at radius 3 is 1.56 bits per heavy atom. The second kappa shape index (κ2) is 36.4. The number of phosphoric ester groups is 1. The van der Waals surface area contributed by atoms with Crippen LogP contribution in [0.4, 0.5) is 0 Å². The van der Waals surface area contributed by atoms with Crippen LogP contribution in [0.2, 0.25) is 0 Å². The normalized spacial score (nSPS) is 14.3. The highest BCUT2D eigenvalue weighted by atomic mass is 31.2. The minimum atomic E-state index is -4.39. The van der Waals surface area contributed by atoms with Gasteiger partial charge in [0.2, 0.25) is 0 Å². The molecule has 0 aromatic carbocycles. The number of ether oxygens (including phenoxy) is 2. The van der Waals surface area contributed by atoms with E-state index in [0.29, 0.717) is 23.9 Å². The largest absolute Gasteiger partial charge is 0.472 e. The molecule has 0 radical (unpaired) electrons. The molecule has 0 saturated heterocycles. The first-order valence-electron chi connectivity index (χ1n) is 21.0. The Balaban J connectivity index is 4.50. The standard InChI is InChI=1S/C44H78NO8P/c1-6-8-10-12-14-16-18-20-21-22-23-25-27-29-31-33-35-37-44(47)53-42(41-52-54(48,49)51-39-38-45(3,4)5)40-50-43(46)36-34-32-30-28-26-24-19-17-15-13-11-9-7-2/h8,10,14,16,20-21,23,25,29,31,42H,6-7,9,11-13,15,17-19,22,24,26-28,30,32-41H2,1-5H3/p+1. The molecule has 0 fully saturated rings. The minimum Gasteiger partial charge on any atom is -0.462 e. The van der Waals surface area contributed by atoms with Crippen LogP contribution in [-0.2, 0) is 32.7 Å². The van der Waals surface area contributed by atoms with Crippen molar-refractivity contribution in [3.63, 3.8) is 0 Å². The fourth-order valence-corrected chi connectivity index (χ4v) is 6.03. The number of unbranched alkanes of at least 4 members (excludes halogenated alkanes) is 13. The number of likely N-dealkylation sites (N-methyl/N-ethyl adjacent to an activating group) is 1. The van der Waals surface area contributed by atoms with Crippen molar-refractivity contribution in [2.75, 3.05) is 47.5 Å². The number of carbonyl (C=O) groups is 2. The van der Waals surface area contributed by atoms with Gasteiger partial charge in [-0.1, -0.05) is 152 Å². The van der Waals surface area contributed by atoms with Gasteiger partial charge < -0.3 is 18.9 Å². The lowest BCUT2D eigenvalue weighted by atomic mass is 10.0. The molecule has 0 aromatic rings. The summed E-state index contributed by atoms with van der Waals surface area (Å²) in [5.74, 6) is -0.869. The number of esters is 2. The molecule has 0 aromatic heterocycles. The first kappa shape index (κ1) is 51.7. The van der Waals surface area contributed by atoms with Crippen LogP contribution >= 0.6 is 7.82 Å². The van der Waals surface area contributed by atoms with Gasteiger partial charge in [0.15, 0.2) is 6.10 Å². The molecule has 9 nitrogen and oxygen atoms in total. The molecular weight excluding hydrogens is 701 g/mol. The number of phosphoric acid groups is 1. The van der Waals surface area contributed by atoms with Gasteiger partial charge in [-0.2, -0.15) is 0 Å². The van der Waals surface area contributed by atoms with Gasteiger partial charge in [0, 0.05) is 12.8 Å². The summed E-state index contributed by atoms with van der Waals surface area (Å²) in [6.45, 7) is 4.23. The lowest BCUT2D eigenvalue weighted by Crippen LogP contribution is -2.37. The Hall–Kier alpha value is -2.29. The van der Waals surface area contributed by atoms with Gasteiger partial charge >= 0.3 is 19.8 Å². The molecule has 0 amide bonds. The topological polar surface area (TPSA) is 108 Å². The van der Waals surface area contributed by atoms with Gasteiger partial charge in [-0.3, -0.25) is 18.6 Å². The first-order chi connectivity index (χ1) is 26.0. The molecule has 0 spiro atoms. The molecule has 1 N–H and O–H groups in total. The Morgan fingerprint density at radius 2 is 1.06 bits per heavy atom. The van der Waals surface area contributed by atoms with Crippen LogP contribution in [0.5, 0.6) is 0 Å². The van der Waals surface area contributed by atoms with Gasteiger partial charge in [-0.05, 0) is 51.4 Å². The van der Waals surface area contributed by atoms with Gasteiger partial charge in [0.25, 0.3) is 0 Å². The van der Waals surface area contributed by atoms with Crippen molar-refractivity contribution in [1.82, 2.24) is 0 Å². The number of hydrogen-bond acceptors (Lipinski definition) is 7. The van der Waals surface area contributed by atoms with E-state index in [1.165, 1.54) is 64.2 Å². The molecule has 312 valence electrons. The predicted molar refractivity (Wildman–Crippen MR) is 224 cm³/mol. The van der Waals surface area contributed by atoms with Crippen LogP contribution in [0.1, 0.15) is 155 Å². The van der Waals surface area contributed by atoms with E-state index < -0.39 is 26.5 Å². The van der Waals surface area contributed by atoms with Gasteiger partial charge in [0.05, 0.1) is 27.7 Å². The average molecular weight is 781 g/mol. The zero-order valence-corrected chi connectivity index (χ0v) is 35.8. The molecule has 0 rings (SSSR count). The summed E-state index contributed by atoms with van der Waals surface area (Å²) in [5, 5.41) is 0. The third-order valence-electron chi connectivity index (χ3n) is 8.56. The van der Waals surface area contributed by atoms with E-state index in [9.17, 15) is 19.0 Å². The third-order valence-corrected chi connectivity index (χ3v) is 9.55. The van der Waals surface area contributed by atoms with Crippen molar-refractivity contribution in [2.45, 2.75) is 161 Å². The van der Waals surface area contributed by atoms with E-state index in [0.717, 1.165) is 51.4 Å². The maximum absolute atomic E-state index is 12.6. The molecule has 2 unspecified atom stereocenters. The van der Waals surface area contributed by atoms with Crippen molar-refractivity contribution in [3.8, 4) is 0 Å². The van der Waals surface area contributed by atoms with Gasteiger partial charge in [-0.25, -0.2) is 4.57 Å². The fourth-order valence-electron chi connectivity index (χ4n) is 5.28. The summed E-state index contributed by atoms with van der Waals surface area (Å²) in [6, 6.07) is 0. The third kappa shape index (κ3) is 39.4. The molecular formula is C44H79NO8P+. The second-order valence-corrected chi connectivity index (χ2v) is 16.5. The van der Waals surface area contributed by atoms with E-state index in [-0.39, 0.29) is 32.0 Å². The van der Waals surface area contributed by atoms with Crippen molar-refractivity contribution in [3.05, 3.63) is 60.8 Å². The molecule has 0 aliphatic rings. The van der Waals surface area contributed by atoms with Crippen LogP contribution in [0.3, 0.4) is 0 Å². The van der Waals surface area contributed by atoms with Crippen molar-refractivity contribution in [2.24, 2.45) is 0 Å². The molecule has 0 saturated carbocycles. The predicted octanol–water partition coefficient (Wildman–Crippen LogP) is 11.7. The Labute approximate surface area is 330 Å². The summed E-state index contributed by atoms with van der Waals surface area (Å²) in [4.78, 5) is 35.3. The number of allylic oxidation sites excluding steroid dienone is 10. The molecule has 0 aliphatic carbocycles. The smallest absolute Gasteiger partial charge is 0.462 e. The van der Waals surface area contributed by atoms with Gasteiger partial charge in [0.1, 0.15) is 19.8 Å². The van der Waals surface area contributed by atoms with E-state index in [4.69, 9.17) is 18.5 Å². The molecule has 0 bridgehead atoms. The zero-order chi connectivity index (χ0) is 40.0. The van der Waals surface area contributed by atoms with E-state index >= 15 is 0 Å². The maximum atomic E-state index is 12.6. The minimum absolute atomic E-state index is 0.0195. The molecule has 10 heteroatoms. The van der Waals surface area contributed by atoms with Crippen molar-refractivity contribution >= 4 is 19.8 Å². The van der Waals surface area contributed by atoms with Crippen LogP contribution in [0.25, 0.3) is 0 Å². The lowest BCUT2D eigenvalue weighted by molar-refractivity contribution is -0.870. The molecule has 0 heterocycles. The molecule has 54 heavy (non-hydrogen) atoms.